The minimum Gasteiger partial charge on any atom is -0.481 e. The van der Waals surface area contributed by atoms with Crippen molar-refractivity contribution in [3.8, 4) is 0 Å². The fraction of sp³-hybridized carbons (Fsp3) is 0.818. The number of ether oxygens (including phenoxy) is 1. The second kappa shape index (κ2) is 3.96. The highest BCUT2D eigenvalue weighted by Crippen LogP contribution is 2.30. The number of aliphatic carboxylic acids is 1. The number of carbonyl (C=O) groups is 2. The Kier molecular flexibility index (Phi) is 3.17. The summed E-state index contributed by atoms with van der Waals surface area (Å²) in [5.74, 6) is -0.862. The molecule has 5 nitrogen and oxygen atoms in total. The standard InChI is InChI=1S/C11H19NO4/c1-10(2,3)16-9(15)12-6-5-11(4,7-12)8(13)14/h5-7H2,1-4H3,(H,13,14)/t11-/m1/s1. The van der Waals surface area contributed by atoms with Crippen LogP contribution in [0, 0.1) is 5.41 Å². The SMILES string of the molecule is CC(C)(C)OC(=O)N1CC[C@@](C)(C(=O)O)C1. The summed E-state index contributed by atoms with van der Waals surface area (Å²) in [5.41, 5.74) is -1.38. The molecule has 0 saturated carbocycles. The number of likely N-dealkylation sites (tertiary alicyclic amines) is 1. The lowest BCUT2D eigenvalue weighted by atomic mass is 9.90. The second-order valence-corrected chi connectivity index (χ2v) is 5.52. The molecule has 0 aromatic carbocycles. The largest absolute Gasteiger partial charge is 0.481 e. The molecule has 0 aliphatic carbocycles. The summed E-state index contributed by atoms with van der Waals surface area (Å²) < 4.78 is 5.19. The minimum atomic E-state index is -0.862. The fourth-order valence-corrected chi connectivity index (χ4v) is 1.62. The Morgan fingerprint density at radius 3 is 2.31 bits per heavy atom. The third-order valence-corrected chi connectivity index (χ3v) is 2.64. The molecule has 92 valence electrons. The molecule has 0 aromatic rings. The molecule has 16 heavy (non-hydrogen) atoms. The van der Waals surface area contributed by atoms with E-state index < -0.39 is 23.1 Å². The maximum atomic E-state index is 11.7. The van der Waals surface area contributed by atoms with Gasteiger partial charge in [-0.15, -0.1) is 0 Å². The van der Waals surface area contributed by atoms with Crippen LogP contribution in [0.3, 0.4) is 0 Å². The first-order valence-corrected chi connectivity index (χ1v) is 5.35. The van der Waals surface area contributed by atoms with Crippen molar-refractivity contribution < 1.29 is 19.4 Å². The van der Waals surface area contributed by atoms with Gasteiger partial charge in [-0.2, -0.15) is 0 Å². The van der Waals surface area contributed by atoms with Gasteiger partial charge in [0, 0.05) is 13.1 Å². The van der Waals surface area contributed by atoms with Gasteiger partial charge in [-0.3, -0.25) is 4.79 Å². The Bertz CT molecular complexity index is 308. The summed E-state index contributed by atoms with van der Waals surface area (Å²) in [6.07, 6.45) is 0.0409. The number of carbonyl (C=O) groups excluding carboxylic acids is 1. The predicted octanol–water partition coefficient (Wildman–Crippen LogP) is 1.72. The zero-order chi connectivity index (χ0) is 12.6. The summed E-state index contributed by atoms with van der Waals surface area (Å²) in [6, 6.07) is 0. The number of rotatable bonds is 1. The number of hydrogen-bond acceptors (Lipinski definition) is 3. The zero-order valence-electron chi connectivity index (χ0n) is 10.2. The molecule has 1 heterocycles. The quantitative estimate of drug-likeness (QED) is 0.743. The average molecular weight is 229 g/mol. The lowest BCUT2D eigenvalue weighted by molar-refractivity contribution is -0.147. The third kappa shape index (κ3) is 2.87. The summed E-state index contributed by atoms with van der Waals surface area (Å²) in [7, 11) is 0. The second-order valence-electron chi connectivity index (χ2n) is 5.52. The average Bonchev–Trinajstić information content (AvgIpc) is 2.46. The van der Waals surface area contributed by atoms with Gasteiger partial charge < -0.3 is 14.7 Å². The van der Waals surface area contributed by atoms with Gasteiger partial charge in [0.05, 0.1) is 5.41 Å². The molecular weight excluding hydrogens is 210 g/mol. The normalized spacial score (nSPS) is 25.6. The van der Waals surface area contributed by atoms with E-state index in [1.807, 2.05) is 0 Å². The van der Waals surface area contributed by atoms with E-state index in [0.29, 0.717) is 13.0 Å². The minimum absolute atomic E-state index is 0.219. The summed E-state index contributed by atoms with van der Waals surface area (Å²) in [4.78, 5) is 24.1. The molecule has 0 radical (unpaired) electrons. The molecule has 1 atom stereocenters. The van der Waals surface area contributed by atoms with Crippen LogP contribution in [0.15, 0.2) is 0 Å². The third-order valence-electron chi connectivity index (χ3n) is 2.64. The van der Waals surface area contributed by atoms with Gasteiger partial charge in [0.2, 0.25) is 0 Å². The predicted molar refractivity (Wildman–Crippen MR) is 58.2 cm³/mol. The highest BCUT2D eigenvalue weighted by Gasteiger charge is 2.43. The van der Waals surface area contributed by atoms with E-state index in [1.165, 1.54) is 4.90 Å². The summed E-state index contributed by atoms with van der Waals surface area (Å²) in [6.45, 7) is 7.68. The van der Waals surface area contributed by atoms with Crippen LogP contribution in [-0.4, -0.2) is 40.8 Å². The monoisotopic (exact) mass is 229 g/mol. The van der Waals surface area contributed by atoms with Gasteiger partial charge in [0.1, 0.15) is 5.60 Å². The Labute approximate surface area is 95.4 Å². The molecule has 1 amide bonds. The Morgan fingerprint density at radius 2 is 1.94 bits per heavy atom. The molecule has 1 N–H and O–H groups in total. The molecule has 0 aromatic heterocycles. The van der Waals surface area contributed by atoms with Crippen LogP contribution in [0.2, 0.25) is 0 Å². The molecule has 1 aliphatic heterocycles. The van der Waals surface area contributed by atoms with Crippen molar-refractivity contribution >= 4 is 12.1 Å². The van der Waals surface area contributed by atoms with Crippen LogP contribution in [0.4, 0.5) is 4.79 Å². The van der Waals surface area contributed by atoms with E-state index in [-0.39, 0.29) is 6.54 Å². The first-order valence-electron chi connectivity index (χ1n) is 5.35. The van der Waals surface area contributed by atoms with E-state index in [0.717, 1.165) is 0 Å². The number of nitrogens with zero attached hydrogens (tertiary/aromatic N) is 1. The molecular formula is C11H19NO4. The van der Waals surface area contributed by atoms with Crippen LogP contribution >= 0.6 is 0 Å². The summed E-state index contributed by atoms with van der Waals surface area (Å²) >= 11 is 0. The van der Waals surface area contributed by atoms with Gasteiger partial charge in [0.25, 0.3) is 0 Å². The van der Waals surface area contributed by atoms with Gasteiger partial charge in [0.15, 0.2) is 0 Å². The number of amides is 1. The van der Waals surface area contributed by atoms with Crippen molar-refractivity contribution in [3.63, 3.8) is 0 Å². The van der Waals surface area contributed by atoms with Crippen LogP contribution in [0.25, 0.3) is 0 Å². The topological polar surface area (TPSA) is 66.8 Å². The van der Waals surface area contributed by atoms with E-state index in [2.05, 4.69) is 0 Å². The summed E-state index contributed by atoms with van der Waals surface area (Å²) in [5, 5.41) is 9.03. The van der Waals surface area contributed by atoms with Crippen LogP contribution in [-0.2, 0) is 9.53 Å². The Morgan fingerprint density at radius 1 is 1.38 bits per heavy atom. The number of carboxylic acid groups (broad SMARTS) is 1. The zero-order valence-corrected chi connectivity index (χ0v) is 10.2. The Hall–Kier alpha value is -1.26. The number of hydrogen-bond donors (Lipinski definition) is 1. The molecule has 1 rings (SSSR count). The molecule has 0 bridgehead atoms. The highest BCUT2D eigenvalue weighted by molar-refractivity contribution is 5.77. The smallest absolute Gasteiger partial charge is 0.410 e. The van der Waals surface area contributed by atoms with E-state index in [9.17, 15) is 9.59 Å². The lowest BCUT2D eigenvalue weighted by Gasteiger charge is -2.25. The van der Waals surface area contributed by atoms with Gasteiger partial charge >= 0.3 is 12.1 Å². The Balaban J connectivity index is 2.60. The first kappa shape index (κ1) is 12.8. The van der Waals surface area contributed by atoms with Crippen molar-refractivity contribution in [2.45, 2.75) is 39.7 Å². The van der Waals surface area contributed by atoms with Gasteiger partial charge in [-0.1, -0.05) is 0 Å². The molecule has 1 fully saturated rings. The first-order chi connectivity index (χ1) is 7.14. The van der Waals surface area contributed by atoms with Crippen molar-refractivity contribution in [1.29, 1.82) is 0 Å². The van der Waals surface area contributed by atoms with Crippen LogP contribution in [0.1, 0.15) is 34.1 Å². The van der Waals surface area contributed by atoms with Gasteiger partial charge in [-0.05, 0) is 34.1 Å². The van der Waals surface area contributed by atoms with E-state index >= 15 is 0 Å². The van der Waals surface area contributed by atoms with Crippen molar-refractivity contribution in [1.82, 2.24) is 4.90 Å². The fourth-order valence-electron chi connectivity index (χ4n) is 1.62. The highest BCUT2D eigenvalue weighted by atomic mass is 16.6. The molecule has 1 saturated heterocycles. The van der Waals surface area contributed by atoms with Crippen molar-refractivity contribution in [2.24, 2.45) is 5.41 Å². The van der Waals surface area contributed by atoms with E-state index in [1.54, 1.807) is 27.7 Å². The maximum absolute atomic E-state index is 11.7. The van der Waals surface area contributed by atoms with Crippen LogP contribution in [0.5, 0.6) is 0 Å². The molecule has 0 unspecified atom stereocenters. The van der Waals surface area contributed by atoms with E-state index in [4.69, 9.17) is 9.84 Å². The lowest BCUT2D eigenvalue weighted by Crippen LogP contribution is -2.38. The molecule has 5 heteroatoms. The van der Waals surface area contributed by atoms with Gasteiger partial charge in [-0.25, -0.2) is 4.79 Å². The maximum Gasteiger partial charge on any atom is 0.410 e. The molecule has 0 spiro atoms. The molecule has 1 aliphatic rings. The van der Waals surface area contributed by atoms with Crippen LogP contribution < -0.4 is 0 Å². The van der Waals surface area contributed by atoms with Crippen molar-refractivity contribution in [3.05, 3.63) is 0 Å². The number of carboxylic acids is 1. The van der Waals surface area contributed by atoms with Crippen molar-refractivity contribution in [2.75, 3.05) is 13.1 Å².